The van der Waals surface area contributed by atoms with Gasteiger partial charge in [-0.2, -0.15) is 0 Å². The molecule has 0 atom stereocenters. The second-order valence-electron chi connectivity index (χ2n) is 3.53. The van der Waals surface area contributed by atoms with Crippen LogP contribution in [0.4, 0.5) is 0 Å². The van der Waals surface area contributed by atoms with E-state index in [1.807, 2.05) is 7.05 Å². The second-order valence-corrected chi connectivity index (χ2v) is 3.53. The molecule has 0 aliphatic carbocycles. The molecule has 0 spiro atoms. The van der Waals surface area contributed by atoms with Crippen LogP contribution in [0.3, 0.4) is 0 Å². The molecule has 0 bridgehead atoms. The van der Waals surface area contributed by atoms with Crippen molar-refractivity contribution >= 4 is 0 Å². The molecule has 12 heavy (non-hydrogen) atoms. The molecular formula is C9H20N2O. The van der Waals surface area contributed by atoms with Gasteiger partial charge < -0.3 is 15.0 Å². The largest absolute Gasteiger partial charge is 0.378 e. The van der Waals surface area contributed by atoms with Crippen LogP contribution < -0.4 is 5.32 Å². The zero-order valence-electron chi connectivity index (χ0n) is 8.18. The minimum absolute atomic E-state index is 0.644. The van der Waals surface area contributed by atoms with Gasteiger partial charge in [-0.3, -0.25) is 0 Å². The van der Waals surface area contributed by atoms with Gasteiger partial charge in [0.05, 0.1) is 19.3 Å². The molecule has 0 saturated carbocycles. The maximum Gasteiger partial charge on any atom is 0.0642 e. The Morgan fingerprint density at radius 3 is 1.92 bits per heavy atom. The summed E-state index contributed by atoms with van der Waals surface area (Å²) in [7, 11) is 4.13. The molecule has 0 radical (unpaired) electrons. The molecule has 2 rings (SSSR count). The summed E-state index contributed by atoms with van der Waals surface area (Å²) in [5.74, 6) is 0. The van der Waals surface area contributed by atoms with Gasteiger partial charge in [-0.1, -0.05) is 0 Å². The maximum absolute atomic E-state index is 4.86. The highest BCUT2D eigenvalue weighted by Gasteiger charge is 2.13. The van der Waals surface area contributed by atoms with Crippen LogP contribution in [0.15, 0.2) is 0 Å². The molecule has 2 fully saturated rings. The number of hydrogen-bond donors (Lipinski definition) is 1. The number of ether oxygens (including phenoxy) is 1. The van der Waals surface area contributed by atoms with Crippen molar-refractivity contribution in [3.05, 3.63) is 0 Å². The number of hydrogen-bond acceptors (Lipinski definition) is 3. The van der Waals surface area contributed by atoms with Gasteiger partial charge >= 0.3 is 0 Å². The average Bonchev–Trinajstić information content (AvgIpc) is 2.38. The molecule has 0 aromatic rings. The maximum atomic E-state index is 4.86. The van der Waals surface area contributed by atoms with E-state index in [9.17, 15) is 0 Å². The number of nitrogens with one attached hydrogen (secondary N) is 1. The first-order valence-electron chi connectivity index (χ1n) is 4.76. The minimum atomic E-state index is 0.644. The molecule has 2 saturated heterocycles. The van der Waals surface area contributed by atoms with Gasteiger partial charge in [0.2, 0.25) is 0 Å². The first kappa shape index (κ1) is 9.96. The van der Waals surface area contributed by atoms with Gasteiger partial charge in [0.25, 0.3) is 0 Å². The van der Waals surface area contributed by atoms with Gasteiger partial charge in [-0.25, -0.2) is 0 Å². The number of nitrogens with zero attached hydrogens (tertiary/aromatic N) is 1. The van der Waals surface area contributed by atoms with E-state index >= 15 is 0 Å². The molecule has 2 aliphatic heterocycles. The van der Waals surface area contributed by atoms with Crippen LogP contribution in [0.5, 0.6) is 0 Å². The van der Waals surface area contributed by atoms with E-state index in [1.165, 1.54) is 25.9 Å². The lowest BCUT2D eigenvalue weighted by molar-refractivity contribution is -0.00169. The standard InChI is InChI=1S/C5H11N.C4H9NO/c1-6-4-2-3-5-6;1-5-4-2-6-3-4/h2-5H2,1H3;4-5H,2-3H2,1H3. The Labute approximate surface area is 75.1 Å². The highest BCUT2D eigenvalue weighted by molar-refractivity contribution is 4.69. The van der Waals surface area contributed by atoms with Crippen molar-refractivity contribution in [2.45, 2.75) is 18.9 Å². The fourth-order valence-corrected chi connectivity index (χ4v) is 1.28. The fraction of sp³-hybridized carbons (Fsp3) is 1.00. The van der Waals surface area contributed by atoms with Crippen molar-refractivity contribution in [2.24, 2.45) is 0 Å². The first-order valence-corrected chi connectivity index (χ1v) is 4.76. The van der Waals surface area contributed by atoms with Crippen LogP contribution in [-0.4, -0.2) is 51.3 Å². The third kappa shape index (κ3) is 3.52. The SMILES string of the molecule is CN1CCCC1.CNC1COC1. The van der Waals surface area contributed by atoms with Crippen LogP contribution in [0.2, 0.25) is 0 Å². The van der Waals surface area contributed by atoms with Crippen molar-refractivity contribution in [2.75, 3.05) is 40.4 Å². The number of rotatable bonds is 1. The Bertz CT molecular complexity index is 106. The van der Waals surface area contributed by atoms with E-state index in [-0.39, 0.29) is 0 Å². The topological polar surface area (TPSA) is 24.5 Å². The van der Waals surface area contributed by atoms with E-state index < -0.39 is 0 Å². The Hall–Kier alpha value is -0.120. The summed E-state index contributed by atoms with van der Waals surface area (Å²) in [6.45, 7) is 4.44. The highest BCUT2D eigenvalue weighted by atomic mass is 16.5. The van der Waals surface area contributed by atoms with E-state index in [0.29, 0.717) is 6.04 Å². The smallest absolute Gasteiger partial charge is 0.0642 e. The summed E-state index contributed by atoms with van der Waals surface area (Å²) >= 11 is 0. The van der Waals surface area contributed by atoms with Gasteiger partial charge in [-0.15, -0.1) is 0 Å². The normalized spacial score (nSPS) is 24.5. The number of likely N-dealkylation sites (tertiary alicyclic amines) is 1. The van der Waals surface area contributed by atoms with Crippen LogP contribution in [0.1, 0.15) is 12.8 Å². The molecule has 0 amide bonds. The lowest BCUT2D eigenvalue weighted by Gasteiger charge is -2.24. The van der Waals surface area contributed by atoms with Crippen LogP contribution in [-0.2, 0) is 4.74 Å². The summed E-state index contributed by atoms with van der Waals surface area (Å²) in [4.78, 5) is 2.36. The molecule has 1 N–H and O–H groups in total. The predicted octanol–water partition coefficient (Wildman–Crippen LogP) is 0.317. The molecule has 3 heteroatoms. The van der Waals surface area contributed by atoms with E-state index in [4.69, 9.17) is 4.74 Å². The van der Waals surface area contributed by atoms with Crippen molar-refractivity contribution < 1.29 is 4.74 Å². The van der Waals surface area contributed by atoms with Crippen LogP contribution in [0.25, 0.3) is 0 Å². The molecule has 2 aliphatic rings. The summed E-state index contributed by atoms with van der Waals surface area (Å²) < 4.78 is 4.86. The highest BCUT2D eigenvalue weighted by Crippen LogP contribution is 2.02. The van der Waals surface area contributed by atoms with Crippen molar-refractivity contribution in [1.29, 1.82) is 0 Å². The monoisotopic (exact) mass is 172 g/mol. The fourth-order valence-electron chi connectivity index (χ4n) is 1.28. The third-order valence-electron chi connectivity index (χ3n) is 2.38. The van der Waals surface area contributed by atoms with Crippen molar-refractivity contribution in [3.8, 4) is 0 Å². The third-order valence-corrected chi connectivity index (χ3v) is 2.38. The predicted molar refractivity (Wildman–Crippen MR) is 50.4 cm³/mol. The average molecular weight is 172 g/mol. The quantitative estimate of drug-likeness (QED) is 0.616. The molecular weight excluding hydrogens is 152 g/mol. The second kappa shape index (κ2) is 5.51. The zero-order chi connectivity index (χ0) is 8.81. The van der Waals surface area contributed by atoms with Crippen molar-refractivity contribution in [3.63, 3.8) is 0 Å². The van der Waals surface area contributed by atoms with E-state index in [1.54, 1.807) is 0 Å². The molecule has 2 heterocycles. The Morgan fingerprint density at radius 1 is 1.25 bits per heavy atom. The molecule has 0 unspecified atom stereocenters. The zero-order valence-corrected chi connectivity index (χ0v) is 8.18. The van der Waals surface area contributed by atoms with E-state index in [2.05, 4.69) is 17.3 Å². The molecule has 0 aromatic carbocycles. The first-order chi connectivity index (χ1) is 5.83. The summed E-state index contributed by atoms with van der Waals surface area (Å²) in [6.07, 6.45) is 2.83. The van der Waals surface area contributed by atoms with Gasteiger partial charge in [0.15, 0.2) is 0 Å². The van der Waals surface area contributed by atoms with Gasteiger partial charge in [0, 0.05) is 0 Å². The lowest BCUT2D eigenvalue weighted by atomic mass is 10.3. The summed E-state index contributed by atoms with van der Waals surface area (Å²) in [5, 5.41) is 3.08. The minimum Gasteiger partial charge on any atom is -0.378 e. The molecule has 0 aromatic heterocycles. The Balaban J connectivity index is 0.000000120. The number of likely N-dealkylation sites (N-methyl/N-ethyl adjacent to an activating group) is 1. The Kier molecular flexibility index (Phi) is 4.58. The summed E-state index contributed by atoms with van der Waals surface area (Å²) in [5.41, 5.74) is 0. The van der Waals surface area contributed by atoms with E-state index in [0.717, 1.165) is 13.2 Å². The molecule has 3 nitrogen and oxygen atoms in total. The molecule has 72 valence electrons. The van der Waals surface area contributed by atoms with Gasteiger partial charge in [0.1, 0.15) is 0 Å². The van der Waals surface area contributed by atoms with Crippen molar-refractivity contribution in [1.82, 2.24) is 10.2 Å². The Morgan fingerprint density at radius 2 is 1.83 bits per heavy atom. The lowest BCUT2D eigenvalue weighted by Crippen LogP contribution is -2.43. The van der Waals surface area contributed by atoms with Crippen LogP contribution >= 0.6 is 0 Å². The van der Waals surface area contributed by atoms with Gasteiger partial charge in [-0.05, 0) is 40.0 Å². The summed E-state index contributed by atoms with van der Waals surface area (Å²) in [6, 6.07) is 0.644. The van der Waals surface area contributed by atoms with Crippen LogP contribution in [0, 0.1) is 0 Å².